The molecule has 1 saturated carbocycles. The van der Waals surface area contributed by atoms with Gasteiger partial charge in [-0.15, -0.1) is 0 Å². The quantitative estimate of drug-likeness (QED) is 0.826. The Morgan fingerprint density at radius 1 is 1.41 bits per heavy atom. The highest BCUT2D eigenvalue weighted by atomic mass is 15.3. The molecule has 1 aromatic heterocycles. The molecule has 1 aliphatic carbocycles. The molecule has 0 bridgehead atoms. The zero-order chi connectivity index (χ0) is 12.6. The molecular weight excluding hydrogens is 212 g/mol. The van der Waals surface area contributed by atoms with E-state index in [1.54, 1.807) is 0 Å². The molecule has 3 N–H and O–H groups in total. The van der Waals surface area contributed by atoms with E-state index >= 15 is 0 Å². The highest BCUT2D eigenvalue weighted by Gasteiger charge is 2.24. The van der Waals surface area contributed by atoms with Crippen LogP contribution in [0.5, 0.6) is 0 Å². The van der Waals surface area contributed by atoms with Gasteiger partial charge in [0.05, 0.1) is 11.4 Å². The van der Waals surface area contributed by atoms with Crippen LogP contribution in [0.25, 0.3) is 0 Å². The average molecular weight is 236 g/mol. The fraction of sp³-hybridized carbons (Fsp3) is 0.769. The van der Waals surface area contributed by atoms with Crippen molar-refractivity contribution >= 4 is 11.5 Å². The number of nitrogens with two attached hydrogens (primary N) is 1. The Hall–Kier alpha value is -1.19. The number of hydrogen-bond acceptors (Lipinski definition) is 3. The van der Waals surface area contributed by atoms with Crippen LogP contribution < -0.4 is 11.1 Å². The van der Waals surface area contributed by atoms with E-state index in [9.17, 15) is 0 Å². The van der Waals surface area contributed by atoms with Crippen molar-refractivity contribution in [3.05, 3.63) is 5.69 Å². The molecule has 17 heavy (non-hydrogen) atoms. The van der Waals surface area contributed by atoms with Gasteiger partial charge in [0.1, 0.15) is 5.82 Å². The Morgan fingerprint density at radius 3 is 2.53 bits per heavy atom. The van der Waals surface area contributed by atoms with Crippen LogP contribution in [-0.2, 0) is 7.05 Å². The number of nitrogens with zero attached hydrogens (tertiary/aromatic N) is 2. The van der Waals surface area contributed by atoms with E-state index in [0.717, 1.165) is 23.1 Å². The lowest BCUT2D eigenvalue weighted by Crippen LogP contribution is -2.18. The predicted octanol–water partition coefficient (Wildman–Crippen LogP) is 2.73. The summed E-state index contributed by atoms with van der Waals surface area (Å²) in [6.45, 7) is 6.46. The van der Waals surface area contributed by atoms with Crippen LogP contribution in [0.1, 0.15) is 51.6 Å². The third-order valence-electron chi connectivity index (χ3n) is 3.43. The van der Waals surface area contributed by atoms with E-state index in [0.29, 0.717) is 12.0 Å². The van der Waals surface area contributed by atoms with Gasteiger partial charge in [-0.2, -0.15) is 5.10 Å². The molecule has 0 spiro atoms. The molecule has 0 saturated heterocycles. The Bertz CT molecular complexity index is 390. The Balaban J connectivity index is 2.08. The molecule has 1 atom stereocenters. The van der Waals surface area contributed by atoms with E-state index in [-0.39, 0.29) is 0 Å². The maximum absolute atomic E-state index is 6.15. The van der Waals surface area contributed by atoms with Crippen molar-refractivity contribution in [2.45, 2.75) is 52.0 Å². The van der Waals surface area contributed by atoms with Gasteiger partial charge in [0.15, 0.2) is 0 Å². The Labute approximate surface area is 104 Å². The van der Waals surface area contributed by atoms with Gasteiger partial charge >= 0.3 is 0 Å². The first-order valence-electron chi connectivity index (χ1n) is 6.58. The SMILES string of the molecule is CC(CC1CC1)Nc1c(N)c(C(C)C)nn1C. The number of nitrogen functional groups attached to an aromatic ring is 1. The first-order valence-corrected chi connectivity index (χ1v) is 6.58. The molecule has 0 amide bonds. The van der Waals surface area contributed by atoms with Gasteiger partial charge in [-0.1, -0.05) is 26.7 Å². The van der Waals surface area contributed by atoms with Gasteiger partial charge in [-0.3, -0.25) is 4.68 Å². The number of rotatable bonds is 5. The van der Waals surface area contributed by atoms with E-state index < -0.39 is 0 Å². The van der Waals surface area contributed by atoms with Crippen LogP contribution in [0.15, 0.2) is 0 Å². The molecule has 1 fully saturated rings. The number of hydrogen-bond donors (Lipinski definition) is 2. The highest BCUT2D eigenvalue weighted by molar-refractivity contribution is 5.66. The maximum atomic E-state index is 6.15. The topological polar surface area (TPSA) is 55.9 Å². The summed E-state index contributed by atoms with van der Waals surface area (Å²) in [5.74, 6) is 2.27. The van der Waals surface area contributed by atoms with E-state index in [1.165, 1.54) is 19.3 Å². The third-order valence-corrected chi connectivity index (χ3v) is 3.43. The van der Waals surface area contributed by atoms with Crippen LogP contribution in [0.2, 0.25) is 0 Å². The van der Waals surface area contributed by atoms with Crippen molar-refractivity contribution in [2.75, 3.05) is 11.1 Å². The minimum Gasteiger partial charge on any atom is -0.394 e. The fourth-order valence-electron chi connectivity index (χ4n) is 2.30. The zero-order valence-corrected chi connectivity index (χ0v) is 11.3. The number of nitrogens with one attached hydrogen (secondary N) is 1. The molecule has 0 radical (unpaired) electrons. The molecule has 4 heteroatoms. The van der Waals surface area contributed by atoms with Crippen LogP contribution in [0, 0.1) is 5.92 Å². The molecule has 0 aromatic carbocycles. The summed E-state index contributed by atoms with van der Waals surface area (Å²) in [6.07, 6.45) is 4.02. The van der Waals surface area contributed by atoms with Gasteiger partial charge in [0, 0.05) is 13.1 Å². The molecule has 0 aliphatic heterocycles. The molecule has 1 aliphatic rings. The second-order valence-electron chi connectivity index (χ2n) is 5.65. The van der Waals surface area contributed by atoms with Gasteiger partial charge in [0.2, 0.25) is 0 Å². The summed E-state index contributed by atoms with van der Waals surface area (Å²) in [6, 6.07) is 0.472. The maximum Gasteiger partial charge on any atom is 0.147 e. The lowest BCUT2D eigenvalue weighted by Gasteiger charge is -2.15. The second kappa shape index (κ2) is 4.59. The number of aryl methyl sites for hydroxylation is 1. The Morgan fingerprint density at radius 2 is 2.06 bits per heavy atom. The second-order valence-corrected chi connectivity index (χ2v) is 5.65. The third kappa shape index (κ3) is 2.73. The number of aromatic nitrogens is 2. The largest absolute Gasteiger partial charge is 0.394 e. The lowest BCUT2D eigenvalue weighted by molar-refractivity contribution is 0.630. The van der Waals surface area contributed by atoms with Gasteiger partial charge in [-0.25, -0.2) is 0 Å². The summed E-state index contributed by atoms with van der Waals surface area (Å²) >= 11 is 0. The zero-order valence-electron chi connectivity index (χ0n) is 11.3. The fourth-order valence-corrected chi connectivity index (χ4v) is 2.30. The van der Waals surface area contributed by atoms with Crippen molar-refractivity contribution in [2.24, 2.45) is 13.0 Å². The molecule has 1 heterocycles. The van der Waals surface area contributed by atoms with Crippen LogP contribution in [-0.4, -0.2) is 15.8 Å². The minimum absolute atomic E-state index is 0.371. The van der Waals surface area contributed by atoms with Crippen molar-refractivity contribution in [1.29, 1.82) is 0 Å². The van der Waals surface area contributed by atoms with Crippen molar-refractivity contribution < 1.29 is 0 Å². The van der Waals surface area contributed by atoms with Crippen molar-refractivity contribution in [1.82, 2.24) is 9.78 Å². The normalized spacial score (nSPS) is 17.5. The van der Waals surface area contributed by atoms with Gasteiger partial charge in [-0.05, 0) is 25.2 Å². The summed E-state index contributed by atoms with van der Waals surface area (Å²) in [5, 5.41) is 7.99. The van der Waals surface area contributed by atoms with E-state index in [1.807, 2.05) is 11.7 Å². The van der Waals surface area contributed by atoms with Gasteiger partial charge in [0.25, 0.3) is 0 Å². The van der Waals surface area contributed by atoms with Crippen LogP contribution >= 0.6 is 0 Å². The van der Waals surface area contributed by atoms with Crippen molar-refractivity contribution in [3.63, 3.8) is 0 Å². The molecule has 2 rings (SSSR count). The molecule has 96 valence electrons. The Kier molecular flexibility index (Phi) is 3.31. The van der Waals surface area contributed by atoms with Gasteiger partial charge < -0.3 is 11.1 Å². The smallest absolute Gasteiger partial charge is 0.147 e. The number of anilines is 2. The first-order chi connectivity index (χ1) is 7.99. The first kappa shape index (κ1) is 12.3. The molecule has 4 nitrogen and oxygen atoms in total. The predicted molar refractivity (Wildman–Crippen MR) is 72.1 cm³/mol. The monoisotopic (exact) mass is 236 g/mol. The lowest BCUT2D eigenvalue weighted by atomic mass is 10.1. The molecular formula is C13H24N4. The minimum atomic E-state index is 0.371. The summed E-state index contributed by atoms with van der Waals surface area (Å²) in [7, 11) is 1.95. The average Bonchev–Trinajstić information content (AvgIpc) is 3.00. The molecule has 1 aromatic rings. The summed E-state index contributed by atoms with van der Waals surface area (Å²) in [5.41, 5.74) is 7.96. The highest BCUT2D eigenvalue weighted by Crippen LogP contribution is 2.35. The standard InChI is InChI=1S/C13H24N4/c1-8(2)12-11(14)13(17(4)16-12)15-9(3)7-10-5-6-10/h8-10,15H,5-7,14H2,1-4H3. The molecule has 1 unspecified atom stereocenters. The van der Waals surface area contributed by atoms with E-state index in [4.69, 9.17) is 5.73 Å². The van der Waals surface area contributed by atoms with E-state index in [2.05, 4.69) is 31.2 Å². The van der Waals surface area contributed by atoms with Crippen LogP contribution in [0.3, 0.4) is 0 Å². The summed E-state index contributed by atoms with van der Waals surface area (Å²) in [4.78, 5) is 0. The summed E-state index contributed by atoms with van der Waals surface area (Å²) < 4.78 is 1.87. The van der Waals surface area contributed by atoms with Crippen LogP contribution in [0.4, 0.5) is 11.5 Å². The van der Waals surface area contributed by atoms with Crippen molar-refractivity contribution in [3.8, 4) is 0 Å².